The zero-order valence-corrected chi connectivity index (χ0v) is 10.3. The van der Waals surface area contributed by atoms with Crippen molar-refractivity contribution in [1.29, 1.82) is 0 Å². The monoisotopic (exact) mass is 234 g/mol. The predicted molar refractivity (Wildman–Crippen MR) is 64.4 cm³/mol. The summed E-state index contributed by atoms with van der Waals surface area (Å²) in [6.07, 6.45) is 5.26. The van der Waals surface area contributed by atoms with Crippen molar-refractivity contribution in [3.63, 3.8) is 0 Å². The van der Waals surface area contributed by atoms with Crippen LogP contribution < -0.4 is 5.32 Å². The molecule has 2 aromatic rings. The molecule has 2 rings (SSSR count). The third kappa shape index (κ3) is 3.17. The van der Waals surface area contributed by atoms with Crippen LogP contribution in [0.5, 0.6) is 0 Å². The van der Waals surface area contributed by atoms with Gasteiger partial charge in [0.05, 0.1) is 12.3 Å². The number of aromatic nitrogens is 3. The summed E-state index contributed by atoms with van der Waals surface area (Å²) in [6, 6.07) is 4.19. The van der Waals surface area contributed by atoms with Crippen LogP contribution in [0.25, 0.3) is 0 Å². The number of hydrogen-bond acceptors (Lipinski definition) is 4. The molecule has 92 valence electrons. The van der Waals surface area contributed by atoms with Gasteiger partial charge in [0.15, 0.2) is 5.82 Å². The molecule has 0 saturated carbocycles. The fourth-order valence-corrected chi connectivity index (χ4v) is 1.79. The first-order valence-corrected chi connectivity index (χ1v) is 5.91. The Bertz CT molecular complexity index is 435. The molecule has 0 saturated heterocycles. The molecular weight excluding hydrogens is 216 g/mol. The Hall–Kier alpha value is -1.62. The molecular formula is C12H18N4O. The number of rotatable bonds is 6. The molecule has 0 fully saturated rings. The van der Waals surface area contributed by atoms with Crippen LogP contribution in [0.2, 0.25) is 0 Å². The topological polar surface area (TPSA) is 55.9 Å². The van der Waals surface area contributed by atoms with Gasteiger partial charge in [0.25, 0.3) is 0 Å². The SMILES string of the molecule is CCC(NCCc1ncn(C)n1)c1ccco1. The van der Waals surface area contributed by atoms with E-state index in [1.807, 2.05) is 19.2 Å². The Balaban J connectivity index is 1.81. The van der Waals surface area contributed by atoms with Gasteiger partial charge in [0.1, 0.15) is 12.1 Å². The number of nitrogens with one attached hydrogen (secondary N) is 1. The normalized spacial score (nSPS) is 12.8. The molecule has 1 atom stereocenters. The van der Waals surface area contributed by atoms with E-state index in [1.165, 1.54) is 0 Å². The Morgan fingerprint density at radius 1 is 1.53 bits per heavy atom. The van der Waals surface area contributed by atoms with Crippen LogP contribution in [-0.2, 0) is 13.5 Å². The Kier molecular flexibility index (Phi) is 3.93. The Morgan fingerprint density at radius 2 is 2.41 bits per heavy atom. The zero-order chi connectivity index (χ0) is 12.1. The maximum Gasteiger partial charge on any atom is 0.151 e. The molecule has 2 heterocycles. The molecule has 0 aliphatic heterocycles. The predicted octanol–water partition coefficient (Wildman–Crippen LogP) is 1.69. The molecule has 1 N–H and O–H groups in total. The maximum atomic E-state index is 5.40. The van der Waals surface area contributed by atoms with Crippen LogP contribution in [0.15, 0.2) is 29.1 Å². The standard InChI is InChI=1S/C12H18N4O/c1-3-10(11-5-4-8-17-11)13-7-6-12-14-9-16(2)15-12/h4-5,8-10,13H,3,6-7H2,1-2H3. The number of nitrogens with zero attached hydrogens (tertiary/aromatic N) is 3. The molecule has 0 aromatic carbocycles. The molecule has 17 heavy (non-hydrogen) atoms. The third-order valence-electron chi connectivity index (χ3n) is 2.68. The van der Waals surface area contributed by atoms with E-state index in [0.717, 1.165) is 31.0 Å². The van der Waals surface area contributed by atoms with Crippen LogP contribution in [0.1, 0.15) is 31.0 Å². The summed E-state index contributed by atoms with van der Waals surface area (Å²) in [5, 5.41) is 7.68. The molecule has 1 unspecified atom stereocenters. The van der Waals surface area contributed by atoms with Gasteiger partial charge in [0, 0.05) is 20.0 Å². The first-order valence-electron chi connectivity index (χ1n) is 5.91. The highest BCUT2D eigenvalue weighted by Gasteiger charge is 2.11. The van der Waals surface area contributed by atoms with E-state index >= 15 is 0 Å². The summed E-state index contributed by atoms with van der Waals surface area (Å²) in [6.45, 7) is 2.99. The van der Waals surface area contributed by atoms with Crippen LogP contribution in [0.4, 0.5) is 0 Å². The van der Waals surface area contributed by atoms with Crippen molar-refractivity contribution < 1.29 is 4.42 Å². The van der Waals surface area contributed by atoms with Crippen molar-refractivity contribution in [3.8, 4) is 0 Å². The van der Waals surface area contributed by atoms with E-state index in [1.54, 1.807) is 17.3 Å². The second-order valence-electron chi connectivity index (χ2n) is 4.01. The molecule has 2 aromatic heterocycles. The van der Waals surface area contributed by atoms with Crippen molar-refractivity contribution in [1.82, 2.24) is 20.1 Å². The number of hydrogen-bond donors (Lipinski definition) is 1. The van der Waals surface area contributed by atoms with Crippen molar-refractivity contribution in [2.75, 3.05) is 6.54 Å². The minimum absolute atomic E-state index is 0.272. The van der Waals surface area contributed by atoms with Crippen molar-refractivity contribution in [3.05, 3.63) is 36.3 Å². The van der Waals surface area contributed by atoms with Gasteiger partial charge in [0.2, 0.25) is 0 Å². The van der Waals surface area contributed by atoms with E-state index in [0.29, 0.717) is 0 Å². The molecule has 0 amide bonds. The quantitative estimate of drug-likeness (QED) is 0.826. The van der Waals surface area contributed by atoms with Gasteiger partial charge in [-0.15, -0.1) is 0 Å². The van der Waals surface area contributed by atoms with Crippen molar-refractivity contribution in [2.24, 2.45) is 7.05 Å². The zero-order valence-electron chi connectivity index (χ0n) is 10.3. The second-order valence-corrected chi connectivity index (χ2v) is 4.01. The minimum atomic E-state index is 0.272. The van der Waals surface area contributed by atoms with E-state index in [2.05, 4.69) is 22.3 Å². The summed E-state index contributed by atoms with van der Waals surface area (Å²) < 4.78 is 7.12. The molecule has 0 aliphatic carbocycles. The number of aryl methyl sites for hydroxylation is 1. The fourth-order valence-electron chi connectivity index (χ4n) is 1.79. The molecule has 0 spiro atoms. The molecule has 0 radical (unpaired) electrons. The lowest BCUT2D eigenvalue weighted by Gasteiger charge is -2.13. The summed E-state index contributed by atoms with van der Waals surface area (Å²) in [5.74, 6) is 1.86. The highest BCUT2D eigenvalue weighted by atomic mass is 16.3. The highest BCUT2D eigenvalue weighted by Crippen LogP contribution is 2.16. The van der Waals surface area contributed by atoms with Crippen LogP contribution >= 0.6 is 0 Å². The first-order chi connectivity index (χ1) is 8.29. The fraction of sp³-hybridized carbons (Fsp3) is 0.500. The molecule has 0 aliphatic rings. The van der Waals surface area contributed by atoms with Gasteiger partial charge >= 0.3 is 0 Å². The lowest BCUT2D eigenvalue weighted by Crippen LogP contribution is -2.23. The summed E-state index contributed by atoms with van der Waals surface area (Å²) in [4.78, 5) is 4.19. The third-order valence-corrected chi connectivity index (χ3v) is 2.68. The average molecular weight is 234 g/mol. The van der Waals surface area contributed by atoms with Gasteiger partial charge in [-0.25, -0.2) is 4.98 Å². The van der Waals surface area contributed by atoms with Crippen LogP contribution in [0, 0.1) is 0 Å². The lowest BCUT2D eigenvalue weighted by molar-refractivity contribution is 0.405. The average Bonchev–Trinajstić information content (AvgIpc) is 2.96. The Morgan fingerprint density at radius 3 is 3.00 bits per heavy atom. The van der Waals surface area contributed by atoms with Crippen molar-refractivity contribution >= 4 is 0 Å². The summed E-state index contributed by atoms with van der Waals surface area (Å²) in [7, 11) is 1.88. The van der Waals surface area contributed by atoms with E-state index < -0.39 is 0 Å². The smallest absolute Gasteiger partial charge is 0.151 e. The summed E-state index contributed by atoms with van der Waals surface area (Å²) in [5.41, 5.74) is 0. The Labute approximate surface area is 101 Å². The first kappa shape index (κ1) is 11.9. The highest BCUT2D eigenvalue weighted by molar-refractivity contribution is 5.04. The molecule has 0 bridgehead atoms. The number of furan rings is 1. The van der Waals surface area contributed by atoms with Gasteiger partial charge in [-0.1, -0.05) is 6.92 Å². The summed E-state index contributed by atoms with van der Waals surface area (Å²) >= 11 is 0. The van der Waals surface area contributed by atoms with Crippen LogP contribution in [-0.4, -0.2) is 21.3 Å². The van der Waals surface area contributed by atoms with E-state index in [9.17, 15) is 0 Å². The van der Waals surface area contributed by atoms with Gasteiger partial charge in [-0.2, -0.15) is 5.10 Å². The van der Waals surface area contributed by atoms with Crippen LogP contribution in [0.3, 0.4) is 0 Å². The largest absolute Gasteiger partial charge is 0.468 e. The maximum absolute atomic E-state index is 5.40. The van der Waals surface area contributed by atoms with E-state index in [4.69, 9.17) is 4.42 Å². The minimum Gasteiger partial charge on any atom is -0.468 e. The van der Waals surface area contributed by atoms with E-state index in [-0.39, 0.29) is 6.04 Å². The van der Waals surface area contributed by atoms with Gasteiger partial charge in [-0.3, -0.25) is 4.68 Å². The van der Waals surface area contributed by atoms with Gasteiger partial charge < -0.3 is 9.73 Å². The lowest BCUT2D eigenvalue weighted by atomic mass is 10.1. The van der Waals surface area contributed by atoms with Crippen molar-refractivity contribution in [2.45, 2.75) is 25.8 Å². The van der Waals surface area contributed by atoms with Gasteiger partial charge in [-0.05, 0) is 18.6 Å². The second kappa shape index (κ2) is 5.63. The molecule has 5 heteroatoms. The molecule has 5 nitrogen and oxygen atoms in total.